The minimum Gasteiger partial charge on any atom is -0.395 e. The molecular weight excluding hydrogens is 488 g/mol. The highest BCUT2D eigenvalue weighted by Gasteiger charge is 2.40. The fourth-order valence-electron chi connectivity index (χ4n) is 3.72. The van der Waals surface area contributed by atoms with Gasteiger partial charge in [0.15, 0.2) is 9.84 Å². The smallest absolute Gasteiger partial charge is 0.175 e. The van der Waals surface area contributed by atoms with Gasteiger partial charge in [0.05, 0.1) is 23.6 Å². The Labute approximate surface area is 190 Å². The van der Waals surface area contributed by atoms with Crippen molar-refractivity contribution in [3.63, 3.8) is 0 Å². The number of hydrogen-bond acceptors (Lipinski definition) is 8. The third kappa shape index (κ3) is 6.04. The summed E-state index contributed by atoms with van der Waals surface area (Å²) in [5.41, 5.74) is 2.54. The van der Waals surface area contributed by atoms with Gasteiger partial charge in [-0.2, -0.15) is 0 Å². The monoisotopic (exact) mass is 514 g/mol. The summed E-state index contributed by atoms with van der Waals surface area (Å²) in [6.45, 7) is 0.645. The summed E-state index contributed by atoms with van der Waals surface area (Å²) < 4.78 is 24.3. The average molecular weight is 515 g/mol. The molecule has 1 heterocycles. The van der Waals surface area contributed by atoms with Gasteiger partial charge in [0.1, 0.15) is 12.2 Å². The first-order valence-corrected chi connectivity index (χ1v) is 12.5. The Bertz CT molecular complexity index is 1020. The summed E-state index contributed by atoms with van der Waals surface area (Å²) in [6, 6.07) is 11.9. The van der Waals surface area contributed by atoms with E-state index in [9.17, 15) is 28.8 Å². The van der Waals surface area contributed by atoms with Gasteiger partial charge in [0.2, 0.25) is 0 Å². The Morgan fingerprint density at radius 2 is 1.81 bits per heavy atom. The largest absolute Gasteiger partial charge is 0.395 e. The van der Waals surface area contributed by atoms with Crippen molar-refractivity contribution in [2.75, 3.05) is 24.7 Å². The number of benzene rings is 2. The van der Waals surface area contributed by atoms with Crippen molar-refractivity contribution in [3.05, 3.63) is 58.1 Å². The minimum absolute atomic E-state index is 0.137. The van der Waals surface area contributed by atoms with E-state index in [2.05, 4.69) is 21.2 Å². The van der Waals surface area contributed by atoms with Crippen LogP contribution in [0.25, 0.3) is 0 Å². The number of aliphatic hydroxyl groups excluding tert-OH is 4. The van der Waals surface area contributed by atoms with Crippen molar-refractivity contribution in [3.8, 4) is 0 Å². The van der Waals surface area contributed by atoms with E-state index in [0.29, 0.717) is 23.2 Å². The summed E-state index contributed by atoms with van der Waals surface area (Å²) in [6.07, 6.45) is -2.46. The Morgan fingerprint density at radius 1 is 1.10 bits per heavy atom. The maximum absolute atomic E-state index is 11.8. The second-order valence-electron chi connectivity index (χ2n) is 7.85. The van der Waals surface area contributed by atoms with Crippen LogP contribution in [0, 0.1) is 0 Å². The number of halogens is 1. The number of piperidine rings is 1. The Balaban J connectivity index is 1.71. The van der Waals surface area contributed by atoms with Crippen molar-refractivity contribution < 1.29 is 28.8 Å². The van der Waals surface area contributed by atoms with Gasteiger partial charge in [-0.05, 0) is 29.3 Å². The zero-order valence-corrected chi connectivity index (χ0v) is 19.4. The number of sulfone groups is 1. The molecule has 170 valence electrons. The van der Waals surface area contributed by atoms with Gasteiger partial charge in [-0.25, -0.2) is 8.42 Å². The van der Waals surface area contributed by atoms with E-state index in [1.807, 2.05) is 24.3 Å². The van der Waals surface area contributed by atoms with E-state index >= 15 is 0 Å². The molecule has 10 heteroatoms. The van der Waals surface area contributed by atoms with Crippen LogP contribution in [0.3, 0.4) is 0 Å². The van der Waals surface area contributed by atoms with Crippen LogP contribution in [0.2, 0.25) is 0 Å². The molecular formula is C21H27BrN2O6S. The maximum Gasteiger partial charge on any atom is 0.175 e. The summed E-state index contributed by atoms with van der Waals surface area (Å²) in [5, 5.41) is 42.9. The molecule has 5 N–H and O–H groups in total. The van der Waals surface area contributed by atoms with Crippen LogP contribution in [0.5, 0.6) is 0 Å². The van der Waals surface area contributed by atoms with Gasteiger partial charge in [-0.15, -0.1) is 0 Å². The zero-order chi connectivity index (χ0) is 22.8. The van der Waals surface area contributed by atoms with E-state index < -0.39 is 34.2 Å². The predicted molar refractivity (Wildman–Crippen MR) is 120 cm³/mol. The van der Waals surface area contributed by atoms with Crippen molar-refractivity contribution >= 4 is 31.5 Å². The molecule has 1 saturated heterocycles. The molecule has 1 aliphatic rings. The fraction of sp³-hybridized carbons (Fsp3) is 0.429. The SMILES string of the molecule is CS(=O)(=O)c1cc(Br)cc(NCc2cccc(CN3C[C@H](O)[C@@H](O)[C@H](O)[C@H]3CO)c2)c1. The molecule has 0 aromatic heterocycles. The lowest BCUT2D eigenvalue weighted by Gasteiger charge is -2.43. The topological polar surface area (TPSA) is 130 Å². The molecule has 2 aromatic carbocycles. The average Bonchev–Trinajstić information content (AvgIpc) is 2.70. The second kappa shape index (κ2) is 9.95. The van der Waals surface area contributed by atoms with Crippen LogP contribution in [-0.4, -0.2) is 77.5 Å². The molecule has 0 unspecified atom stereocenters. The van der Waals surface area contributed by atoms with E-state index in [1.54, 1.807) is 23.1 Å². The lowest BCUT2D eigenvalue weighted by atomic mass is 9.93. The number of nitrogens with one attached hydrogen (secondary N) is 1. The van der Waals surface area contributed by atoms with Gasteiger partial charge in [0.25, 0.3) is 0 Å². The van der Waals surface area contributed by atoms with Crippen molar-refractivity contribution in [2.45, 2.75) is 42.3 Å². The lowest BCUT2D eigenvalue weighted by Crippen LogP contribution is -2.62. The number of nitrogens with zero attached hydrogens (tertiary/aromatic N) is 1. The van der Waals surface area contributed by atoms with Crippen molar-refractivity contribution in [1.29, 1.82) is 0 Å². The number of aliphatic hydroxyl groups is 4. The molecule has 31 heavy (non-hydrogen) atoms. The van der Waals surface area contributed by atoms with E-state index in [-0.39, 0.29) is 18.0 Å². The Hall–Kier alpha value is -1.53. The normalized spacial score (nSPS) is 24.8. The van der Waals surface area contributed by atoms with Crippen LogP contribution in [0.15, 0.2) is 51.8 Å². The standard InChI is InChI=1S/C21H27BrN2O6S/c1-31(29,30)17-7-15(22)6-16(8-17)23-9-13-3-2-4-14(5-13)10-24-11-19(26)21(28)20(27)18(24)12-25/h2-8,18-21,23,25-28H,9-12H2,1H3/t18-,19+,20-,21-/m1/s1. The zero-order valence-electron chi connectivity index (χ0n) is 17.0. The molecule has 3 rings (SSSR count). The first kappa shape index (κ1) is 24.1. The van der Waals surface area contributed by atoms with Gasteiger partial charge >= 0.3 is 0 Å². The fourth-order valence-corrected chi connectivity index (χ4v) is 5.04. The molecule has 0 saturated carbocycles. The maximum atomic E-state index is 11.8. The van der Waals surface area contributed by atoms with Crippen LogP contribution in [0.1, 0.15) is 11.1 Å². The molecule has 2 aromatic rings. The Morgan fingerprint density at radius 3 is 2.48 bits per heavy atom. The molecule has 0 amide bonds. The molecule has 4 atom stereocenters. The summed E-state index contributed by atoms with van der Waals surface area (Å²) in [4.78, 5) is 1.97. The number of β-amino-alcohol motifs (C(OH)–C–C–N with tert-alkyl or cyclic N) is 1. The van der Waals surface area contributed by atoms with Crippen LogP contribution >= 0.6 is 15.9 Å². The molecule has 0 spiro atoms. The highest BCUT2D eigenvalue weighted by molar-refractivity contribution is 9.10. The molecule has 0 aliphatic carbocycles. The summed E-state index contributed by atoms with van der Waals surface area (Å²) in [7, 11) is -3.33. The third-order valence-electron chi connectivity index (χ3n) is 5.39. The number of hydrogen-bond donors (Lipinski definition) is 5. The minimum atomic E-state index is -3.33. The van der Waals surface area contributed by atoms with Crippen LogP contribution < -0.4 is 5.32 Å². The predicted octanol–water partition coefficient (Wildman–Crippen LogP) is 0.724. The van der Waals surface area contributed by atoms with Gasteiger partial charge < -0.3 is 25.7 Å². The first-order valence-electron chi connectivity index (χ1n) is 9.80. The quantitative estimate of drug-likeness (QED) is 0.365. The summed E-state index contributed by atoms with van der Waals surface area (Å²) in [5.74, 6) is 0. The van der Waals surface area contributed by atoms with E-state index in [4.69, 9.17) is 0 Å². The molecule has 0 bridgehead atoms. The molecule has 0 radical (unpaired) electrons. The number of anilines is 1. The van der Waals surface area contributed by atoms with Crippen LogP contribution in [-0.2, 0) is 22.9 Å². The van der Waals surface area contributed by atoms with Crippen LogP contribution in [0.4, 0.5) is 5.69 Å². The molecule has 1 aliphatic heterocycles. The Kier molecular flexibility index (Phi) is 7.74. The first-order chi connectivity index (χ1) is 14.6. The third-order valence-corrected chi connectivity index (χ3v) is 6.94. The highest BCUT2D eigenvalue weighted by atomic mass is 79.9. The number of rotatable bonds is 7. The second-order valence-corrected chi connectivity index (χ2v) is 10.8. The highest BCUT2D eigenvalue weighted by Crippen LogP contribution is 2.24. The molecule has 8 nitrogen and oxygen atoms in total. The molecule has 1 fully saturated rings. The van der Waals surface area contributed by atoms with E-state index in [1.165, 1.54) is 0 Å². The van der Waals surface area contributed by atoms with Gasteiger partial charge in [0, 0.05) is 36.1 Å². The summed E-state index contributed by atoms with van der Waals surface area (Å²) >= 11 is 3.34. The van der Waals surface area contributed by atoms with E-state index in [0.717, 1.165) is 17.4 Å². The number of likely N-dealkylation sites (tertiary alicyclic amines) is 1. The van der Waals surface area contributed by atoms with Crippen molar-refractivity contribution in [1.82, 2.24) is 4.90 Å². The van der Waals surface area contributed by atoms with Gasteiger partial charge in [-0.1, -0.05) is 40.2 Å². The lowest BCUT2D eigenvalue weighted by molar-refractivity contribution is -0.147. The van der Waals surface area contributed by atoms with Crippen molar-refractivity contribution in [2.24, 2.45) is 0 Å². The van der Waals surface area contributed by atoms with Gasteiger partial charge in [-0.3, -0.25) is 4.90 Å².